The zero-order valence-electron chi connectivity index (χ0n) is 11.8. The van der Waals surface area contributed by atoms with Gasteiger partial charge in [0.15, 0.2) is 5.72 Å². The molecule has 3 atom stereocenters. The molecular formula is C17H18ClNO2. The van der Waals surface area contributed by atoms with Crippen molar-refractivity contribution in [2.75, 3.05) is 6.61 Å². The van der Waals surface area contributed by atoms with Gasteiger partial charge >= 0.3 is 0 Å². The van der Waals surface area contributed by atoms with Crippen LogP contribution in [0.15, 0.2) is 36.4 Å². The molecule has 0 spiro atoms. The summed E-state index contributed by atoms with van der Waals surface area (Å²) in [6.07, 6.45) is 7.65. The molecule has 0 saturated carbocycles. The van der Waals surface area contributed by atoms with Crippen LogP contribution in [0.2, 0.25) is 5.02 Å². The molecule has 21 heavy (non-hydrogen) atoms. The summed E-state index contributed by atoms with van der Waals surface area (Å²) >= 11 is 6.00. The summed E-state index contributed by atoms with van der Waals surface area (Å²) in [6, 6.07) is 8.01. The highest BCUT2D eigenvalue weighted by atomic mass is 35.5. The van der Waals surface area contributed by atoms with E-state index >= 15 is 0 Å². The summed E-state index contributed by atoms with van der Waals surface area (Å²) in [5.41, 5.74) is 0.472. The normalized spacial score (nSPS) is 34.7. The Labute approximate surface area is 129 Å². The number of carbonyl (C=O) groups is 1. The third-order valence-electron chi connectivity index (χ3n) is 5.03. The van der Waals surface area contributed by atoms with E-state index in [2.05, 4.69) is 12.2 Å². The lowest BCUT2D eigenvalue weighted by molar-refractivity contribution is -0.216. The molecule has 1 unspecified atom stereocenters. The average molecular weight is 304 g/mol. The SMILES string of the molecule is O=C1CCC2(c3ccc(Cl)cc3)OC[C@@H]3CC=CC[C@H]3N12. The van der Waals surface area contributed by atoms with Crippen molar-refractivity contribution in [3.8, 4) is 0 Å². The summed E-state index contributed by atoms with van der Waals surface area (Å²) in [5, 5.41) is 0.709. The zero-order chi connectivity index (χ0) is 14.4. The van der Waals surface area contributed by atoms with Crippen molar-refractivity contribution in [1.82, 2.24) is 4.90 Å². The van der Waals surface area contributed by atoms with Gasteiger partial charge in [0.25, 0.3) is 0 Å². The van der Waals surface area contributed by atoms with E-state index in [9.17, 15) is 4.79 Å². The van der Waals surface area contributed by atoms with Crippen LogP contribution in [0.4, 0.5) is 0 Å². The van der Waals surface area contributed by atoms with Gasteiger partial charge in [-0.2, -0.15) is 0 Å². The molecular weight excluding hydrogens is 286 g/mol. The second-order valence-electron chi connectivity index (χ2n) is 6.14. The van der Waals surface area contributed by atoms with Gasteiger partial charge < -0.3 is 9.64 Å². The summed E-state index contributed by atoms with van der Waals surface area (Å²) < 4.78 is 6.28. The van der Waals surface area contributed by atoms with E-state index in [-0.39, 0.29) is 11.9 Å². The maximum atomic E-state index is 12.5. The monoisotopic (exact) mass is 303 g/mol. The number of ether oxygens (including phenoxy) is 1. The fraction of sp³-hybridized carbons (Fsp3) is 0.471. The van der Waals surface area contributed by atoms with E-state index < -0.39 is 5.72 Å². The molecule has 2 heterocycles. The first-order chi connectivity index (χ1) is 10.2. The first-order valence-corrected chi connectivity index (χ1v) is 7.96. The number of hydrogen-bond acceptors (Lipinski definition) is 2. The summed E-state index contributed by atoms with van der Waals surface area (Å²) in [4.78, 5) is 14.5. The lowest BCUT2D eigenvalue weighted by Gasteiger charge is -2.51. The first-order valence-electron chi connectivity index (χ1n) is 7.58. The fourth-order valence-electron chi connectivity index (χ4n) is 3.99. The number of benzene rings is 1. The predicted molar refractivity (Wildman–Crippen MR) is 80.8 cm³/mol. The lowest BCUT2D eigenvalue weighted by Crippen LogP contribution is -2.59. The highest BCUT2D eigenvalue weighted by Gasteiger charge is 2.55. The molecule has 110 valence electrons. The predicted octanol–water partition coefficient (Wildman–Crippen LogP) is 3.48. The van der Waals surface area contributed by atoms with E-state index in [1.807, 2.05) is 29.2 Å². The second kappa shape index (κ2) is 4.85. The fourth-order valence-corrected chi connectivity index (χ4v) is 4.11. The average Bonchev–Trinajstić information content (AvgIpc) is 2.87. The minimum absolute atomic E-state index is 0.218. The molecule has 1 amide bonds. The van der Waals surface area contributed by atoms with E-state index in [1.165, 1.54) is 0 Å². The van der Waals surface area contributed by atoms with Crippen molar-refractivity contribution in [3.05, 3.63) is 47.0 Å². The molecule has 0 aromatic heterocycles. The van der Waals surface area contributed by atoms with Gasteiger partial charge in [-0.1, -0.05) is 35.9 Å². The Morgan fingerprint density at radius 3 is 2.76 bits per heavy atom. The number of hydrogen-bond donors (Lipinski definition) is 0. The van der Waals surface area contributed by atoms with Crippen molar-refractivity contribution >= 4 is 17.5 Å². The van der Waals surface area contributed by atoms with Gasteiger partial charge in [-0.3, -0.25) is 4.79 Å². The number of allylic oxidation sites excluding steroid dienone is 1. The number of carbonyl (C=O) groups excluding carboxylic acids is 1. The van der Waals surface area contributed by atoms with Crippen LogP contribution in [0, 0.1) is 5.92 Å². The van der Waals surface area contributed by atoms with Crippen molar-refractivity contribution in [2.24, 2.45) is 5.92 Å². The standard InChI is InChI=1S/C17H18ClNO2/c18-14-7-5-13(6-8-14)17-10-9-16(20)19(17)15-4-2-1-3-12(15)11-21-17/h1-2,5-8,12,15H,3-4,9-11H2/t12-,15+,17?/m0/s1. The highest BCUT2D eigenvalue weighted by molar-refractivity contribution is 6.30. The van der Waals surface area contributed by atoms with Crippen molar-refractivity contribution in [1.29, 1.82) is 0 Å². The molecule has 3 nitrogen and oxygen atoms in total. The van der Waals surface area contributed by atoms with E-state index in [0.717, 1.165) is 31.4 Å². The van der Waals surface area contributed by atoms with Gasteiger partial charge in [0, 0.05) is 35.4 Å². The molecule has 2 saturated heterocycles. The number of nitrogens with zero attached hydrogens (tertiary/aromatic N) is 1. The van der Waals surface area contributed by atoms with Gasteiger partial charge in [-0.05, 0) is 25.0 Å². The summed E-state index contributed by atoms with van der Waals surface area (Å²) in [7, 11) is 0. The molecule has 1 aromatic carbocycles. The van der Waals surface area contributed by atoms with Crippen molar-refractivity contribution in [3.63, 3.8) is 0 Å². The minimum atomic E-state index is -0.575. The van der Waals surface area contributed by atoms with Gasteiger partial charge in [0.1, 0.15) is 0 Å². The molecule has 3 aliphatic rings. The Morgan fingerprint density at radius 1 is 1.19 bits per heavy atom. The molecule has 4 heteroatoms. The summed E-state index contributed by atoms with van der Waals surface area (Å²) in [5.74, 6) is 0.646. The highest BCUT2D eigenvalue weighted by Crippen LogP contribution is 2.48. The first kappa shape index (κ1) is 13.4. The number of halogens is 1. The van der Waals surface area contributed by atoms with Gasteiger partial charge in [0.2, 0.25) is 5.91 Å². The molecule has 0 N–H and O–H groups in total. The minimum Gasteiger partial charge on any atom is -0.351 e. The van der Waals surface area contributed by atoms with E-state index in [4.69, 9.17) is 16.3 Å². The zero-order valence-corrected chi connectivity index (χ0v) is 12.6. The molecule has 0 bridgehead atoms. The molecule has 2 aliphatic heterocycles. The Morgan fingerprint density at radius 2 is 1.95 bits per heavy atom. The van der Waals surface area contributed by atoms with Crippen molar-refractivity contribution in [2.45, 2.75) is 37.5 Å². The molecule has 1 aromatic rings. The largest absolute Gasteiger partial charge is 0.351 e. The van der Waals surface area contributed by atoms with Crippen LogP contribution in [0.1, 0.15) is 31.2 Å². The molecule has 0 radical (unpaired) electrons. The molecule has 2 fully saturated rings. The maximum absolute atomic E-state index is 12.5. The smallest absolute Gasteiger partial charge is 0.225 e. The molecule has 1 aliphatic carbocycles. The van der Waals surface area contributed by atoms with Crippen LogP contribution in [0.25, 0.3) is 0 Å². The van der Waals surface area contributed by atoms with E-state index in [0.29, 0.717) is 17.4 Å². The Bertz CT molecular complexity index is 597. The van der Waals surface area contributed by atoms with Crippen LogP contribution in [0.3, 0.4) is 0 Å². The Balaban J connectivity index is 1.78. The van der Waals surface area contributed by atoms with Gasteiger partial charge in [-0.25, -0.2) is 0 Å². The van der Waals surface area contributed by atoms with Crippen LogP contribution in [-0.2, 0) is 15.3 Å². The summed E-state index contributed by atoms with van der Waals surface area (Å²) in [6.45, 7) is 0.724. The third-order valence-corrected chi connectivity index (χ3v) is 5.28. The Kier molecular flexibility index (Phi) is 3.09. The maximum Gasteiger partial charge on any atom is 0.225 e. The second-order valence-corrected chi connectivity index (χ2v) is 6.57. The topological polar surface area (TPSA) is 29.5 Å². The van der Waals surface area contributed by atoms with Crippen LogP contribution < -0.4 is 0 Å². The molecule has 4 rings (SSSR count). The lowest BCUT2D eigenvalue weighted by atomic mass is 9.84. The van der Waals surface area contributed by atoms with Crippen molar-refractivity contribution < 1.29 is 9.53 Å². The van der Waals surface area contributed by atoms with E-state index in [1.54, 1.807) is 0 Å². The van der Waals surface area contributed by atoms with Gasteiger partial charge in [-0.15, -0.1) is 0 Å². The third kappa shape index (κ3) is 1.95. The number of amides is 1. The van der Waals surface area contributed by atoms with Crippen LogP contribution in [0.5, 0.6) is 0 Å². The van der Waals surface area contributed by atoms with Gasteiger partial charge in [0.05, 0.1) is 6.61 Å². The number of fused-ring (bicyclic) bond motifs is 3. The Hall–Kier alpha value is -1.32. The van der Waals surface area contributed by atoms with Crippen LogP contribution >= 0.6 is 11.6 Å². The quantitative estimate of drug-likeness (QED) is 0.743. The van der Waals surface area contributed by atoms with Crippen LogP contribution in [-0.4, -0.2) is 23.5 Å². The number of rotatable bonds is 1.